The third-order valence-electron chi connectivity index (χ3n) is 3.36. The van der Waals surface area contributed by atoms with Gasteiger partial charge in [-0.3, -0.25) is 0 Å². The molecule has 1 aliphatic carbocycles. The summed E-state index contributed by atoms with van der Waals surface area (Å²) in [5.41, 5.74) is 1.05. The van der Waals surface area contributed by atoms with E-state index in [1.54, 1.807) is 0 Å². The van der Waals surface area contributed by atoms with Gasteiger partial charge in [0, 0.05) is 11.0 Å². The van der Waals surface area contributed by atoms with E-state index in [2.05, 4.69) is 10.7 Å². The van der Waals surface area contributed by atoms with E-state index in [-0.39, 0.29) is 0 Å². The maximum Gasteiger partial charge on any atom is 0.335 e. The van der Waals surface area contributed by atoms with Crippen LogP contribution in [0.5, 0.6) is 0 Å². The lowest BCUT2D eigenvalue weighted by molar-refractivity contribution is -0.152. The van der Waals surface area contributed by atoms with Gasteiger partial charge in [-0.15, -0.1) is 6.42 Å². The van der Waals surface area contributed by atoms with Crippen molar-refractivity contribution < 1.29 is 14.6 Å². The van der Waals surface area contributed by atoms with Crippen molar-refractivity contribution in [2.24, 2.45) is 0 Å². The van der Waals surface area contributed by atoms with Crippen LogP contribution in [0.1, 0.15) is 24.0 Å². The molecule has 0 bridgehead atoms. The molecule has 1 aromatic carbocycles. The predicted octanol–water partition coefficient (Wildman–Crippen LogP) is 1.23. The third kappa shape index (κ3) is 1.81. The molecule has 0 saturated heterocycles. The fraction of sp³-hybridized carbons (Fsp3) is 0.357. The van der Waals surface area contributed by atoms with Crippen LogP contribution in [-0.2, 0) is 14.9 Å². The lowest BCUT2D eigenvalue weighted by Gasteiger charge is -2.21. The Hall–Kier alpha value is -1.79. The van der Waals surface area contributed by atoms with Crippen LogP contribution < -0.4 is 0 Å². The summed E-state index contributed by atoms with van der Waals surface area (Å²) >= 11 is 0. The summed E-state index contributed by atoms with van der Waals surface area (Å²) < 4.78 is 4.59. The zero-order valence-corrected chi connectivity index (χ0v) is 9.64. The molecule has 0 radical (unpaired) electrons. The van der Waals surface area contributed by atoms with Gasteiger partial charge in [0.25, 0.3) is 0 Å². The Morgan fingerprint density at radius 1 is 1.53 bits per heavy atom. The van der Waals surface area contributed by atoms with Crippen molar-refractivity contribution >= 4 is 5.97 Å². The second kappa shape index (κ2) is 4.23. The smallest absolute Gasteiger partial charge is 0.335 e. The van der Waals surface area contributed by atoms with Crippen LogP contribution in [0.3, 0.4) is 0 Å². The molecule has 1 aliphatic rings. The van der Waals surface area contributed by atoms with Crippen LogP contribution in [0.15, 0.2) is 24.3 Å². The molecule has 0 heterocycles. The maximum atomic E-state index is 11.4. The van der Waals surface area contributed by atoms with Crippen LogP contribution in [0.4, 0.5) is 0 Å². The number of hydrogen-bond donors (Lipinski definition) is 1. The van der Waals surface area contributed by atoms with Gasteiger partial charge in [-0.2, -0.15) is 0 Å². The van der Waals surface area contributed by atoms with E-state index in [0.717, 1.165) is 24.0 Å². The summed E-state index contributed by atoms with van der Waals surface area (Å²) in [6.45, 7) is 0. The molecule has 17 heavy (non-hydrogen) atoms. The number of rotatable bonds is 3. The fourth-order valence-electron chi connectivity index (χ4n) is 2.21. The van der Waals surface area contributed by atoms with Crippen molar-refractivity contribution in [3.8, 4) is 12.3 Å². The fourth-order valence-corrected chi connectivity index (χ4v) is 2.21. The summed E-state index contributed by atoms with van der Waals surface area (Å²) in [7, 11) is 1.27. The van der Waals surface area contributed by atoms with Gasteiger partial charge < -0.3 is 9.84 Å². The minimum atomic E-state index is -1.14. The molecule has 2 rings (SSSR count). The van der Waals surface area contributed by atoms with Crippen molar-refractivity contribution in [1.82, 2.24) is 0 Å². The summed E-state index contributed by atoms with van der Waals surface area (Å²) in [6, 6.07) is 7.40. The number of aliphatic hydroxyl groups excluding tert-OH is 1. The van der Waals surface area contributed by atoms with Gasteiger partial charge in [0.1, 0.15) is 0 Å². The van der Waals surface area contributed by atoms with Crippen LogP contribution in [-0.4, -0.2) is 24.3 Å². The van der Waals surface area contributed by atoms with E-state index >= 15 is 0 Å². The number of methoxy groups -OCH3 is 1. The molecular weight excluding hydrogens is 216 g/mol. The average Bonchev–Trinajstić information content (AvgIpc) is 3.18. The first-order valence-electron chi connectivity index (χ1n) is 5.48. The number of esters is 1. The second-order valence-electron chi connectivity index (χ2n) is 4.27. The molecule has 1 saturated carbocycles. The SMILES string of the molecule is C#Cc1ccccc1C1(C(O)C(=O)OC)CC1. The molecule has 1 fully saturated rings. The van der Waals surface area contributed by atoms with Gasteiger partial charge in [-0.25, -0.2) is 4.79 Å². The normalized spacial score (nSPS) is 17.9. The third-order valence-corrected chi connectivity index (χ3v) is 3.36. The zero-order valence-electron chi connectivity index (χ0n) is 9.64. The van der Waals surface area contributed by atoms with Gasteiger partial charge >= 0.3 is 5.97 Å². The second-order valence-corrected chi connectivity index (χ2v) is 4.27. The minimum absolute atomic E-state index is 0.546. The standard InChI is InChI=1S/C14H14O3/c1-3-10-6-4-5-7-11(10)14(8-9-14)12(15)13(16)17-2/h1,4-7,12,15H,8-9H2,2H3. The largest absolute Gasteiger partial charge is 0.467 e. The lowest BCUT2D eigenvalue weighted by atomic mass is 9.86. The van der Waals surface area contributed by atoms with Gasteiger partial charge in [-0.1, -0.05) is 24.1 Å². The van der Waals surface area contributed by atoms with Crippen molar-refractivity contribution in [1.29, 1.82) is 0 Å². The Morgan fingerprint density at radius 2 is 2.18 bits per heavy atom. The van der Waals surface area contributed by atoms with Gasteiger partial charge in [0.15, 0.2) is 6.10 Å². The molecule has 88 valence electrons. The summed E-state index contributed by atoms with van der Waals surface area (Å²) in [5, 5.41) is 10.0. The number of benzene rings is 1. The quantitative estimate of drug-likeness (QED) is 0.627. The number of ether oxygens (including phenoxy) is 1. The Kier molecular flexibility index (Phi) is 2.91. The summed E-state index contributed by atoms with van der Waals surface area (Å²) in [4.78, 5) is 11.4. The van der Waals surface area contributed by atoms with E-state index in [9.17, 15) is 9.90 Å². The minimum Gasteiger partial charge on any atom is -0.467 e. The van der Waals surface area contributed by atoms with Crippen molar-refractivity contribution in [2.45, 2.75) is 24.4 Å². The first kappa shape index (κ1) is 11.7. The van der Waals surface area contributed by atoms with E-state index in [1.165, 1.54) is 7.11 Å². The van der Waals surface area contributed by atoms with Crippen molar-refractivity contribution in [3.63, 3.8) is 0 Å². The van der Waals surface area contributed by atoms with Crippen LogP contribution >= 0.6 is 0 Å². The van der Waals surface area contributed by atoms with E-state index < -0.39 is 17.5 Å². The Bertz CT molecular complexity index is 480. The predicted molar refractivity (Wildman–Crippen MR) is 63.3 cm³/mol. The number of carbonyl (C=O) groups is 1. The topological polar surface area (TPSA) is 46.5 Å². The van der Waals surface area contributed by atoms with Gasteiger partial charge in [-0.05, 0) is 24.5 Å². The molecule has 0 amide bonds. The number of carbonyl (C=O) groups excluding carboxylic acids is 1. The van der Waals surface area contributed by atoms with Crippen LogP contribution in [0, 0.1) is 12.3 Å². The molecule has 1 atom stereocenters. The van der Waals surface area contributed by atoms with Gasteiger partial charge in [0.05, 0.1) is 7.11 Å². The van der Waals surface area contributed by atoms with Crippen molar-refractivity contribution in [3.05, 3.63) is 35.4 Å². The molecule has 1 unspecified atom stereocenters. The number of hydrogen-bond acceptors (Lipinski definition) is 3. The van der Waals surface area contributed by atoms with E-state index in [4.69, 9.17) is 6.42 Å². The van der Waals surface area contributed by atoms with E-state index in [0.29, 0.717) is 0 Å². The monoisotopic (exact) mass is 230 g/mol. The molecule has 0 aromatic heterocycles. The average molecular weight is 230 g/mol. The molecule has 0 spiro atoms. The number of terminal acetylenes is 1. The molecular formula is C14H14O3. The Balaban J connectivity index is 2.40. The lowest BCUT2D eigenvalue weighted by Crippen LogP contribution is -2.35. The van der Waals surface area contributed by atoms with E-state index in [1.807, 2.05) is 24.3 Å². The molecule has 3 nitrogen and oxygen atoms in total. The van der Waals surface area contributed by atoms with Gasteiger partial charge in [0.2, 0.25) is 0 Å². The molecule has 1 N–H and O–H groups in total. The highest BCUT2D eigenvalue weighted by Gasteiger charge is 2.54. The Labute approximate surface area is 100 Å². The van der Waals surface area contributed by atoms with Crippen LogP contribution in [0.25, 0.3) is 0 Å². The van der Waals surface area contributed by atoms with Crippen molar-refractivity contribution in [2.75, 3.05) is 7.11 Å². The first-order valence-corrected chi connectivity index (χ1v) is 5.48. The highest BCUT2D eigenvalue weighted by atomic mass is 16.5. The van der Waals surface area contributed by atoms with Crippen LogP contribution in [0.2, 0.25) is 0 Å². The first-order chi connectivity index (χ1) is 8.15. The highest BCUT2D eigenvalue weighted by Crippen LogP contribution is 2.52. The molecule has 1 aromatic rings. The Morgan fingerprint density at radius 3 is 2.71 bits per heavy atom. The maximum absolute atomic E-state index is 11.4. The highest BCUT2D eigenvalue weighted by molar-refractivity contribution is 5.78. The summed E-state index contributed by atoms with van der Waals surface area (Å²) in [6.07, 6.45) is 5.80. The molecule has 0 aliphatic heterocycles. The summed E-state index contributed by atoms with van der Waals surface area (Å²) in [5.74, 6) is 1.99. The zero-order chi connectivity index (χ0) is 12.5. The molecule has 3 heteroatoms. The number of aliphatic hydroxyl groups is 1.